The van der Waals surface area contributed by atoms with Crippen molar-refractivity contribution in [1.29, 1.82) is 10.5 Å². The fourth-order valence-corrected chi connectivity index (χ4v) is 5.47. The molecule has 0 fully saturated rings. The molecule has 1 N–H and O–H groups in total. The van der Waals surface area contributed by atoms with E-state index in [4.69, 9.17) is 4.98 Å². The molecule has 1 amide bonds. The van der Waals surface area contributed by atoms with Gasteiger partial charge >= 0.3 is 0 Å². The van der Waals surface area contributed by atoms with E-state index in [2.05, 4.69) is 17.5 Å². The van der Waals surface area contributed by atoms with Crippen molar-refractivity contribution >= 4 is 35.7 Å². The van der Waals surface area contributed by atoms with Crippen LogP contribution in [0, 0.1) is 22.7 Å². The smallest absolute Gasteiger partial charge is 0.217 e. The van der Waals surface area contributed by atoms with E-state index in [9.17, 15) is 20.1 Å². The third kappa shape index (κ3) is 6.73. The average molecular weight is 501 g/mol. The number of benzene rings is 2. The monoisotopic (exact) mass is 500 g/mol. The van der Waals surface area contributed by atoms with E-state index in [1.54, 1.807) is 0 Å². The van der Waals surface area contributed by atoms with Crippen LogP contribution in [0.4, 0.5) is 0 Å². The zero-order chi connectivity index (χ0) is 25.2. The van der Waals surface area contributed by atoms with Crippen LogP contribution in [0.3, 0.4) is 0 Å². The van der Waals surface area contributed by atoms with Crippen molar-refractivity contribution in [3.63, 3.8) is 0 Å². The van der Waals surface area contributed by atoms with Gasteiger partial charge < -0.3 is 10.1 Å². The molecular formula is C27H24N4O2S2. The molecule has 0 aliphatic heterocycles. The van der Waals surface area contributed by atoms with Crippen LogP contribution in [0.5, 0.6) is 0 Å². The summed E-state index contributed by atoms with van der Waals surface area (Å²) in [6.07, 6.45) is 1.35. The second-order valence-corrected chi connectivity index (χ2v) is 9.72. The molecule has 1 heterocycles. The van der Waals surface area contributed by atoms with Gasteiger partial charge in [0.2, 0.25) is 5.91 Å². The maximum absolute atomic E-state index is 11.9. The summed E-state index contributed by atoms with van der Waals surface area (Å²) in [6, 6.07) is 21.7. The number of carbonyl (C=O) groups is 2. The number of amides is 1. The van der Waals surface area contributed by atoms with Gasteiger partial charge in [-0.15, -0.1) is 11.8 Å². The SMILES string of the molecule is CCc1c(C#N)c(SCc2ccc(CNC(C)=O)cc2)nc(SC(C=O)c2ccccc2)c1C#N. The number of aromatic nitrogens is 1. The third-order valence-electron chi connectivity index (χ3n) is 5.24. The number of nitrogens with zero attached hydrogens (tertiary/aromatic N) is 3. The predicted octanol–water partition coefficient (Wildman–Crippen LogP) is 5.35. The number of aldehydes is 1. The standard InChI is InChI=1S/C27H24N4O2S2/c1-3-22-23(13-28)26(34-17-20-11-9-19(10-12-20)15-30-18(2)33)31-27(24(22)14-29)35-25(16-32)21-7-5-4-6-8-21/h4-12,16,25H,3,15,17H2,1-2H3,(H,30,33). The van der Waals surface area contributed by atoms with Crippen molar-refractivity contribution in [3.05, 3.63) is 88.0 Å². The molecule has 0 saturated heterocycles. The summed E-state index contributed by atoms with van der Waals surface area (Å²) >= 11 is 2.66. The molecule has 3 aromatic rings. The molecule has 0 radical (unpaired) electrons. The lowest BCUT2D eigenvalue weighted by atomic mass is 10.0. The van der Waals surface area contributed by atoms with Gasteiger partial charge in [0.1, 0.15) is 28.5 Å². The van der Waals surface area contributed by atoms with Crippen molar-refractivity contribution in [2.24, 2.45) is 0 Å². The number of hydrogen-bond acceptors (Lipinski definition) is 7. The molecule has 0 spiro atoms. The van der Waals surface area contributed by atoms with E-state index in [0.29, 0.717) is 45.5 Å². The molecule has 35 heavy (non-hydrogen) atoms. The van der Waals surface area contributed by atoms with E-state index < -0.39 is 5.25 Å². The summed E-state index contributed by atoms with van der Waals surface area (Å²) in [7, 11) is 0. The van der Waals surface area contributed by atoms with Crippen LogP contribution in [0.1, 0.15) is 52.5 Å². The minimum Gasteiger partial charge on any atom is -0.352 e. The maximum Gasteiger partial charge on any atom is 0.217 e. The number of thioether (sulfide) groups is 2. The molecule has 0 saturated carbocycles. The Labute approximate surface area is 213 Å². The van der Waals surface area contributed by atoms with Crippen LogP contribution < -0.4 is 5.32 Å². The van der Waals surface area contributed by atoms with Gasteiger partial charge in [0, 0.05) is 19.2 Å². The molecule has 6 nitrogen and oxygen atoms in total. The number of rotatable bonds is 10. The lowest BCUT2D eigenvalue weighted by Crippen LogP contribution is -2.18. The highest BCUT2D eigenvalue weighted by Gasteiger charge is 2.23. The second kappa shape index (κ2) is 12.8. The minimum absolute atomic E-state index is 0.0787. The van der Waals surface area contributed by atoms with E-state index >= 15 is 0 Å². The van der Waals surface area contributed by atoms with Crippen molar-refractivity contribution in [2.75, 3.05) is 0 Å². The van der Waals surface area contributed by atoms with Crippen molar-refractivity contribution < 1.29 is 9.59 Å². The zero-order valence-corrected chi connectivity index (χ0v) is 21.1. The van der Waals surface area contributed by atoms with Crippen LogP contribution in [-0.2, 0) is 28.3 Å². The molecule has 2 aromatic carbocycles. The molecule has 1 unspecified atom stereocenters. The highest BCUT2D eigenvalue weighted by Crippen LogP contribution is 2.39. The van der Waals surface area contributed by atoms with Crippen LogP contribution >= 0.6 is 23.5 Å². The Morgan fingerprint density at radius 3 is 2.23 bits per heavy atom. The zero-order valence-electron chi connectivity index (χ0n) is 19.4. The summed E-state index contributed by atoms with van der Waals surface area (Å²) in [4.78, 5) is 27.7. The molecule has 176 valence electrons. The summed E-state index contributed by atoms with van der Waals surface area (Å²) in [5, 5.41) is 23.0. The van der Waals surface area contributed by atoms with Gasteiger partial charge in [-0.1, -0.05) is 73.3 Å². The first-order valence-corrected chi connectivity index (χ1v) is 12.9. The van der Waals surface area contributed by atoms with Crippen molar-refractivity contribution in [3.8, 4) is 12.1 Å². The average Bonchev–Trinajstić information content (AvgIpc) is 2.89. The number of carbonyl (C=O) groups excluding carboxylic acids is 2. The Balaban J connectivity index is 1.89. The highest BCUT2D eigenvalue weighted by atomic mass is 32.2. The fourth-order valence-electron chi connectivity index (χ4n) is 3.43. The van der Waals surface area contributed by atoms with Crippen molar-refractivity contribution in [2.45, 2.75) is 47.9 Å². The number of nitriles is 2. The Morgan fingerprint density at radius 2 is 1.66 bits per heavy atom. The highest BCUT2D eigenvalue weighted by molar-refractivity contribution is 8.00. The fraction of sp³-hybridized carbons (Fsp3) is 0.222. The lowest BCUT2D eigenvalue weighted by molar-refractivity contribution is -0.119. The number of hydrogen-bond donors (Lipinski definition) is 1. The normalized spacial score (nSPS) is 11.2. The van der Waals surface area contributed by atoms with E-state index in [0.717, 1.165) is 23.0 Å². The molecule has 8 heteroatoms. The number of pyridine rings is 1. The minimum atomic E-state index is -0.512. The largest absolute Gasteiger partial charge is 0.352 e. The topological polar surface area (TPSA) is 107 Å². The van der Waals surface area contributed by atoms with Gasteiger partial charge in [-0.05, 0) is 28.7 Å². The van der Waals surface area contributed by atoms with Gasteiger partial charge in [-0.2, -0.15) is 10.5 Å². The molecule has 3 rings (SSSR count). The Bertz CT molecular complexity index is 1280. The van der Waals surface area contributed by atoms with Crippen molar-refractivity contribution in [1.82, 2.24) is 10.3 Å². The summed E-state index contributed by atoms with van der Waals surface area (Å²) in [5.41, 5.74) is 4.27. The second-order valence-electron chi connectivity index (χ2n) is 7.63. The molecule has 0 bridgehead atoms. The van der Waals surface area contributed by atoms with E-state index in [1.165, 1.54) is 30.4 Å². The lowest BCUT2D eigenvalue weighted by Gasteiger charge is -2.16. The first-order valence-electron chi connectivity index (χ1n) is 11.0. The molecule has 1 atom stereocenters. The van der Waals surface area contributed by atoms with Crippen LogP contribution in [0.2, 0.25) is 0 Å². The third-order valence-corrected chi connectivity index (χ3v) is 7.44. The van der Waals surface area contributed by atoms with Gasteiger partial charge in [-0.3, -0.25) is 4.79 Å². The summed E-state index contributed by atoms with van der Waals surface area (Å²) in [5.74, 6) is 0.502. The van der Waals surface area contributed by atoms with Gasteiger partial charge in [-0.25, -0.2) is 4.98 Å². The first-order chi connectivity index (χ1) is 17.0. The van der Waals surface area contributed by atoms with Crippen LogP contribution in [-0.4, -0.2) is 17.2 Å². The quantitative estimate of drug-likeness (QED) is 0.295. The van der Waals surface area contributed by atoms with Crippen LogP contribution in [0.15, 0.2) is 64.6 Å². The Kier molecular flexibility index (Phi) is 9.48. The Hall–Kier alpha value is -3.59. The molecule has 1 aromatic heterocycles. The summed E-state index contributed by atoms with van der Waals surface area (Å²) < 4.78 is 0. The summed E-state index contributed by atoms with van der Waals surface area (Å²) in [6.45, 7) is 3.86. The first kappa shape index (κ1) is 26.0. The number of nitrogens with one attached hydrogen (secondary N) is 1. The molecular weight excluding hydrogens is 476 g/mol. The van der Waals surface area contributed by atoms with Crippen LogP contribution in [0.25, 0.3) is 0 Å². The van der Waals surface area contributed by atoms with E-state index in [-0.39, 0.29) is 5.91 Å². The predicted molar refractivity (Wildman–Crippen MR) is 138 cm³/mol. The Morgan fingerprint density at radius 1 is 1.03 bits per heavy atom. The molecule has 0 aliphatic carbocycles. The van der Waals surface area contributed by atoms with Gasteiger partial charge in [0.25, 0.3) is 0 Å². The molecule has 0 aliphatic rings. The van der Waals surface area contributed by atoms with E-state index in [1.807, 2.05) is 61.5 Å². The van der Waals surface area contributed by atoms with Gasteiger partial charge in [0.05, 0.1) is 16.4 Å². The van der Waals surface area contributed by atoms with Gasteiger partial charge in [0.15, 0.2) is 0 Å². The maximum atomic E-state index is 11.9.